The van der Waals surface area contributed by atoms with E-state index in [9.17, 15) is 4.79 Å². The van der Waals surface area contributed by atoms with E-state index in [-0.39, 0.29) is 11.7 Å². The molecule has 0 spiro atoms. The molecule has 2 heterocycles. The summed E-state index contributed by atoms with van der Waals surface area (Å²) in [4.78, 5) is 18.5. The summed E-state index contributed by atoms with van der Waals surface area (Å²) in [5.41, 5.74) is 3.00. The summed E-state index contributed by atoms with van der Waals surface area (Å²) in [5, 5.41) is 12.0. The standard InChI is InChI=1S/C23H23N5O2S2/c1-4-30-19-10-8-18(9-11-19)28-21(17-7-5-6-16(2)14-17)25-26-23(28)32-15-20(29)27(3)22-24-12-13-31-22/h5-14H,4,15H2,1-3H3. The molecule has 164 valence electrons. The second kappa shape index (κ2) is 9.97. The van der Waals surface area contributed by atoms with Gasteiger partial charge in [0.25, 0.3) is 0 Å². The molecular weight excluding hydrogens is 442 g/mol. The van der Waals surface area contributed by atoms with Gasteiger partial charge in [0, 0.05) is 29.9 Å². The third kappa shape index (κ3) is 4.84. The lowest BCUT2D eigenvalue weighted by Crippen LogP contribution is -2.27. The normalized spacial score (nSPS) is 10.8. The fraction of sp³-hybridized carbons (Fsp3) is 0.217. The van der Waals surface area contributed by atoms with Crippen LogP contribution in [0.15, 0.2) is 65.3 Å². The van der Waals surface area contributed by atoms with Gasteiger partial charge in [-0.2, -0.15) is 0 Å². The molecule has 1 amide bonds. The molecule has 2 aromatic carbocycles. The number of aromatic nitrogens is 4. The van der Waals surface area contributed by atoms with E-state index in [1.54, 1.807) is 18.1 Å². The van der Waals surface area contributed by atoms with Crippen molar-refractivity contribution >= 4 is 34.1 Å². The predicted molar refractivity (Wildman–Crippen MR) is 129 cm³/mol. The molecule has 32 heavy (non-hydrogen) atoms. The van der Waals surface area contributed by atoms with Crippen LogP contribution < -0.4 is 9.64 Å². The Balaban J connectivity index is 1.65. The zero-order valence-corrected chi connectivity index (χ0v) is 19.7. The number of anilines is 1. The van der Waals surface area contributed by atoms with Crippen LogP contribution in [-0.4, -0.2) is 45.1 Å². The van der Waals surface area contributed by atoms with Crippen molar-refractivity contribution in [3.63, 3.8) is 0 Å². The van der Waals surface area contributed by atoms with E-state index < -0.39 is 0 Å². The number of aryl methyl sites for hydroxylation is 1. The summed E-state index contributed by atoms with van der Waals surface area (Å²) in [6, 6.07) is 15.9. The second-order valence-electron chi connectivity index (χ2n) is 6.99. The molecule has 0 aliphatic rings. The molecule has 7 nitrogen and oxygen atoms in total. The largest absolute Gasteiger partial charge is 0.494 e. The Labute approximate surface area is 195 Å². The number of hydrogen-bond donors (Lipinski definition) is 0. The number of benzene rings is 2. The Morgan fingerprint density at radius 3 is 2.69 bits per heavy atom. The van der Waals surface area contributed by atoms with Crippen LogP contribution in [0.2, 0.25) is 0 Å². The molecule has 0 aliphatic heterocycles. The van der Waals surface area contributed by atoms with Gasteiger partial charge in [0.1, 0.15) is 5.75 Å². The van der Waals surface area contributed by atoms with Crippen molar-refractivity contribution in [2.45, 2.75) is 19.0 Å². The lowest BCUT2D eigenvalue weighted by molar-refractivity contribution is -0.115. The third-order valence-electron chi connectivity index (χ3n) is 4.72. The van der Waals surface area contributed by atoms with Crippen LogP contribution in [0, 0.1) is 6.92 Å². The van der Waals surface area contributed by atoms with Gasteiger partial charge >= 0.3 is 0 Å². The van der Waals surface area contributed by atoms with Crippen LogP contribution in [0.1, 0.15) is 12.5 Å². The first-order valence-corrected chi connectivity index (χ1v) is 12.0. The Bertz CT molecular complexity index is 1190. The number of thiazole rings is 1. The molecule has 0 unspecified atom stereocenters. The number of thioether (sulfide) groups is 1. The maximum atomic E-state index is 12.7. The number of amides is 1. The maximum Gasteiger partial charge on any atom is 0.238 e. The lowest BCUT2D eigenvalue weighted by Gasteiger charge is -2.14. The molecule has 0 N–H and O–H groups in total. The number of hydrogen-bond acceptors (Lipinski definition) is 7. The van der Waals surface area contributed by atoms with Crippen LogP contribution in [0.4, 0.5) is 5.13 Å². The highest BCUT2D eigenvalue weighted by Crippen LogP contribution is 2.30. The van der Waals surface area contributed by atoms with Crippen molar-refractivity contribution in [2.75, 3.05) is 24.3 Å². The quantitative estimate of drug-likeness (QED) is 0.346. The first-order valence-electron chi connectivity index (χ1n) is 10.1. The number of carbonyl (C=O) groups excluding carboxylic acids is 1. The molecule has 0 fully saturated rings. The van der Waals surface area contributed by atoms with Gasteiger partial charge in [0.2, 0.25) is 5.91 Å². The van der Waals surface area contributed by atoms with Crippen LogP contribution in [0.25, 0.3) is 17.1 Å². The smallest absolute Gasteiger partial charge is 0.238 e. The van der Waals surface area contributed by atoms with Gasteiger partial charge in [-0.15, -0.1) is 21.5 Å². The molecule has 0 aliphatic carbocycles. The molecule has 9 heteroatoms. The van der Waals surface area contributed by atoms with Crippen molar-refractivity contribution in [3.05, 3.63) is 65.7 Å². The monoisotopic (exact) mass is 465 g/mol. The molecule has 0 saturated heterocycles. The molecule has 0 bridgehead atoms. The Kier molecular flexibility index (Phi) is 6.87. The van der Waals surface area contributed by atoms with Crippen molar-refractivity contribution in [1.82, 2.24) is 19.7 Å². The number of nitrogens with zero attached hydrogens (tertiary/aromatic N) is 5. The molecule has 0 saturated carbocycles. The fourth-order valence-corrected chi connectivity index (χ4v) is 4.63. The fourth-order valence-electron chi connectivity index (χ4n) is 3.14. The molecule has 4 rings (SSSR count). The first-order chi connectivity index (χ1) is 15.6. The summed E-state index contributed by atoms with van der Waals surface area (Å²) in [5.74, 6) is 1.69. The van der Waals surface area contributed by atoms with Crippen LogP contribution in [0.3, 0.4) is 0 Å². The Morgan fingerprint density at radius 1 is 1.19 bits per heavy atom. The summed E-state index contributed by atoms with van der Waals surface area (Å²) >= 11 is 2.78. The predicted octanol–water partition coefficient (Wildman–Crippen LogP) is 4.85. The van der Waals surface area contributed by atoms with Gasteiger partial charge in [-0.05, 0) is 44.2 Å². The van der Waals surface area contributed by atoms with Gasteiger partial charge < -0.3 is 4.74 Å². The zero-order valence-electron chi connectivity index (χ0n) is 18.1. The second-order valence-corrected chi connectivity index (χ2v) is 8.81. The van der Waals surface area contributed by atoms with Gasteiger partial charge in [-0.3, -0.25) is 14.3 Å². The number of ether oxygens (including phenoxy) is 1. The van der Waals surface area contributed by atoms with E-state index in [2.05, 4.69) is 21.2 Å². The van der Waals surface area contributed by atoms with Crippen molar-refractivity contribution in [2.24, 2.45) is 0 Å². The minimum absolute atomic E-state index is 0.0525. The molecule has 0 radical (unpaired) electrons. The van der Waals surface area contributed by atoms with Gasteiger partial charge in [0.15, 0.2) is 16.1 Å². The summed E-state index contributed by atoms with van der Waals surface area (Å²) < 4.78 is 7.56. The summed E-state index contributed by atoms with van der Waals surface area (Å²) in [6.45, 7) is 4.61. The zero-order chi connectivity index (χ0) is 22.5. The molecule has 0 atom stereocenters. The van der Waals surface area contributed by atoms with E-state index in [0.29, 0.717) is 16.9 Å². The van der Waals surface area contributed by atoms with E-state index in [1.807, 2.05) is 66.3 Å². The van der Waals surface area contributed by atoms with E-state index >= 15 is 0 Å². The van der Waals surface area contributed by atoms with E-state index in [1.165, 1.54) is 23.1 Å². The average Bonchev–Trinajstić information content (AvgIpc) is 3.48. The van der Waals surface area contributed by atoms with Gasteiger partial charge in [-0.25, -0.2) is 4.98 Å². The highest BCUT2D eigenvalue weighted by atomic mass is 32.2. The maximum absolute atomic E-state index is 12.7. The lowest BCUT2D eigenvalue weighted by atomic mass is 10.1. The Morgan fingerprint density at radius 2 is 2.00 bits per heavy atom. The van der Waals surface area contributed by atoms with Gasteiger partial charge in [0.05, 0.1) is 12.4 Å². The van der Waals surface area contributed by atoms with Gasteiger partial charge in [-0.1, -0.05) is 35.5 Å². The number of carbonyl (C=O) groups is 1. The Hall–Kier alpha value is -3.17. The van der Waals surface area contributed by atoms with Crippen molar-refractivity contribution in [3.8, 4) is 22.8 Å². The summed E-state index contributed by atoms with van der Waals surface area (Å²) in [7, 11) is 1.73. The summed E-state index contributed by atoms with van der Waals surface area (Å²) in [6.07, 6.45) is 1.69. The molecule has 4 aromatic rings. The molecule has 2 aromatic heterocycles. The highest BCUT2D eigenvalue weighted by Gasteiger charge is 2.19. The highest BCUT2D eigenvalue weighted by molar-refractivity contribution is 7.99. The van der Waals surface area contributed by atoms with Crippen LogP contribution in [0.5, 0.6) is 5.75 Å². The van der Waals surface area contributed by atoms with Crippen LogP contribution >= 0.6 is 23.1 Å². The third-order valence-corrected chi connectivity index (χ3v) is 6.48. The van der Waals surface area contributed by atoms with Crippen molar-refractivity contribution < 1.29 is 9.53 Å². The van der Waals surface area contributed by atoms with E-state index in [0.717, 1.165) is 28.4 Å². The number of rotatable bonds is 8. The first kappa shape index (κ1) is 22.0. The topological polar surface area (TPSA) is 73.1 Å². The minimum atomic E-state index is -0.0525. The van der Waals surface area contributed by atoms with E-state index in [4.69, 9.17) is 4.74 Å². The SMILES string of the molecule is CCOc1ccc(-n2c(SCC(=O)N(C)c3nccs3)nnc2-c2cccc(C)c2)cc1. The van der Waals surface area contributed by atoms with Crippen molar-refractivity contribution in [1.29, 1.82) is 0 Å². The van der Waals surface area contributed by atoms with Crippen LogP contribution in [-0.2, 0) is 4.79 Å². The average molecular weight is 466 g/mol. The minimum Gasteiger partial charge on any atom is -0.494 e. The molecular formula is C23H23N5O2S2.